The quantitative estimate of drug-likeness (QED) is 0.843. The number of rotatable bonds is 2. The second kappa shape index (κ2) is 6.51. The Kier molecular flexibility index (Phi) is 4.94. The van der Waals surface area contributed by atoms with Crippen LogP contribution in [0, 0.1) is 6.92 Å². The van der Waals surface area contributed by atoms with E-state index in [2.05, 4.69) is 10.3 Å². The molecule has 0 saturated carbocycles. The summed E-state index contributed by atoms with van der Waals surface area (Å²) < 4.78 is 0. The van der Waals surface area contributed by atoms with E-state index in [1.165, 1.54) is 0 Å². The summed E-state index contributed by atoms with van der Waals surface area (Å²) >= 11 is 0. The molecule has 0 bridgehead atoms. The van der Waals surface area contributed by atoms with Crippen LogP contribution in [0.2, 0.25) is 0 Å². The van der Waals surface area contributed by atoms with Gasteiger partial charge in [-0.1, -0.05) is 59.7 Å². The van der Waals surface area contributed by atoms with E-state index in [-0.39, 0.29) is 16.8 Å². The number of benzene rings is 1. The van der Waals surface area contributed by atoms with Gasteiger partial charge >= 0.3 is 0 Å². The molecule has 4 heteroatoms. The molecule has 0 radical (unpaired) electrons. The third kappa shape index (κ3) is 4.01. The highest BCUT2D eigenvalue weighted by Crippen LogP contribution is 2.28. The minimum absolute atomic E-state index is 0.0150. The number of nitrogens with one attached hydrogen (secondary N) is 2. The summed E-state index contributed by atoms with van der Waals surface area (Å²) in [7, 11) is 0. The second-order valence-corrected chi connectivity index (χ2v) is 8.55. The number of carbonyl (C=O) groups is 1. The zero-order chi connectivity index (χ0) is 19.0. The van der Waals surface area contributed by atoms with Gasteiger partial charge in [-0.05, 0) is 29.4 Å². The number of anilines is 1. The van der Waals surface area contributed by atoms with Crippen molar-refractivity contribution in [3.8, 4) is 0 Å². The molecular formula is C21H28N2O2. The fraction of sp³-hybridized carbons (Fsp3) is 0.429. The fourth-order valence-electron chi connectivity index (χ4n) is 2.91. The van der Waals surface area contributed by atoms with E-state index < -0.39 is 5.41 Å². The average molecular weight is 340 g/mol. The molecule has 1 amide bonds. The van der Waals surface area contributed by atoms with Gasteiger partial charge in [0.25, 0.3) is 5.91 Å². The van der Waals surface area contributed by atoms with Gasteiger partial charge < -0.3 is 10.3 Å². The lowest BCUT2D eigenvalue weighted by molar-refractivity contribution is 0.102. The Bertz CT molecular complexity index is 849. The monoisotopic (exact) mass is 340 g/mol. The Morgan fingerprint density at radius 1 is 1.00 bits per heavy atom. The van der Waals surface area contributed by atoms with Crippen molar-refractivity contribution < 1.29 is 4.79 Å². The zero-order valence-electron chi connectivity index (χ0n) is 16.2. The molecule has 0 saturated heterocycles. The Balaban J connectivity index is 2.56. The van der Waals surface area contributed by atoms with E-state index in [4.69, 9.17) is 0 Å². The van der Waals surface area contributed by atoms with Crippen molar-refractivity contribution >= 4 is 11.7 Å². The van der Waals surface area contributed by atoms with E-state index >= 15 is 0 Å². The van der Waals surface area contributed by atoms with Crippen LogP contribution in [0.3, 0.4) is 0 Å². The number of H-pyrrole nitrogens is 1. The average Bonchev–Trinajstić information content (AvgIpc) is 2.44. The predicted octanol–water partition coefficient (Wildman–Crippen LogP) is 4.53. The topological polar surface area (TPSA) is 62.0 Å². The van der Waals surface area contributed by atoms with Crippen molar-refractivity contribution in [1.82, 2.24) is 4.98 Å². The SMILES string of the molecule is Cc1ccccc1C(=O)Nc1[nH]cc(C(C)(C)C)c(=O)c1C(C)(C)C. The van der Waals surface area contributed by atoms with Crippen LogP contribution in [0.1, 0.15) is 68.6 Å². The van der Waals surface area contributed by atoms with Gasteiger partial charge in [-0.3, -0.25) is 9.59 Å². The van der Waals surface area contributed by atoms with Crippen LogP contribution in [0.4, 0.5) is 5.82 Å². The standard InChI is InChI=1S/C21H28N2O2/c1-13-10-8-9-11-14(13)19(25)23-18-16(21(5,6)7)17(24)15(12-22-18)20(2,3)4/h8-12H,1-7H3,(H2,22,23,24,25). The van der Waals surface area contributed by atoms with E-state index in [9.17, 15) is 9.59 Å². The molecule has 0 aliphatic carbocycles. The third-order valence-electron chi connectivity index (χ3n) is 4.27. The predicted molar refractivity (Wildman–Crippen MR) is 104 cm³/mol. The van der Waals surface area contributed by atoms with Crippen LogP contribution in [-0.4, -0.2) is 10.9 Å². The minimum Gasteiger partial charge on any atom is -0.347 e. The van der Waals surface area contributed by atoms with E-state index in [1.807, 2.05) is 66.7 Å². The highest BCUT2D eigenvalue weighted by Gasteiger charge is 2.28. The zero-order valence-corrected chi connectivity index (χ0v) is 16.2. The highest BCUT2D eigenvalue weighted by atomic mass is 16.1. The smallest absolute Gasteiger partial charge is 0.257 e. The Labute approximate surface area is 149 Å². The van der Waals surface area contributed by atoms with Gasteiger partial charge in [0.1, 0.15) is 5.82 Å². The first kappa shape index (κ1) is 19.0. The lowest BCUT2D eigenvalue weighted by Crippen LogP contribution is -2.33. The van der Waals surface area contributed by atoms with Gasteiger partial charge in [-0.15, -0.1) is 0 Å². The van der Waals surface area contributed by atoms with Gasteiger partial charge in [0.05, 0.1) is 0 Å². The lowest BCUT2D eigenvalue weighted by atomic mass is 9.81. The van der Waals surface area contributed by atoms with Crippen LogP contribution in [0.5, 0.6) is 0 Å². The number of aryl methyl sites for hydroxylation is 1. The Morgan fingerprint density at radius 2 is 1.60 bits per heavy atom. The number of pyridine rings is 1. The van der Waals surface area contributed by atoms with Crippen LogP contribution >= 0.6 is 0 Å². The molecule has 0 unspecified atom stereocenters. The minimum atomic E-state index is -0.400. The molecule has 1 aromatic carbocycles. The van der Waals surface area contributed by atoms with Gasteiger partial charge in [-0.25, -0.2) is 0 Å². The van der Waals surface area contributed by atoms with E-state index in [1.54, 1.807) is 12.3 Å². The summed E-state index contributed by atoms with van der Waals surface area (Å²) in [5.41, 5.74) is 2.12. The maximum atomic E-state index is 13.1. The van der Waals surface area contributed by atoms with Crippen LogP contribution in [0.15, 0.2) is 35.3 Å². The van der Waals surface area contributed by atoms with Crippen molar-refractivity contribution in [2.24, 2.45) is 0 Å². The first-order valence-corrected chi connectivity index (χ1v) is 8.56. The van der Waals surface area contributed by atoms with Crippen molar-refractivity contribution in [1.29, 1.82) is 0 Å². The lowest BCUT2D eigenvalue weighted by Gasteiger charge is -2.26. The number of hydrogen-bond donors (Lipinski definition) is 2. The van der Waals surface area contributed by atoms with Gasteiger partial charge in [0, 0.05) is 22.9 Å². The molecular weight excluding hydrogens is 312 g/mol. The number of aromatic nitrogens is 1. The molecule has 2 N–H and O–H groups in total. The highest BCUT2D eigenvalue weighted by molar-refractivity contribution is 6.05. The maximum absolute atomic E-state index is 13.1. The van der Waals surface area contributed by atoms with Gasteiger partial charge in [0.15, 0.2) is 5.43 Å². The second-order valence-electron chi connectivity index (χ2n) is 8.55. The van der Waals surface area contributed by atoms with E-state index in [0.29, 0.717) is 22.5 Å². The molecule has 0 aliphatic heterocycles. The summed E-state index contributed by atoms with van der Waals surface area (Å²) in [6.45, 7) is 13.9. The number of amides is 1. The maximum Gasteiger partial charge on any atom is 0.257 e. The first-order chi connectivity index (χ1) is 11.4. The van der Waals surface area contributed by atoms with Gasteiger partial charge in [0.2, 0.25) is 0 Å². The molecule has 0 aliphatic rings. The van der Waals surface area contributed by atoms with Crippen molar-refractivity contribution in [3.05, 3.63) is 62.9 Å². The van der Waals surface area contributed by atoms with Crippen LogP contribution in [0.25, 0.3) is 0 Å². The third-order valence-corrected chi connectivity index (χ3v) is 4.27. The van der Waals surface area contributed by atoms with Crippen LogP contribution < -0.4 is 10.7 Å². The molecule has 4 nitrogen and oxygen atoms in total. The molecule has 0 atom stereocenters. The summed E-state index contributed by atoms with van der Waals surface area (Å²) in [6.07, 6.45) is 1.71. The van der Waals surface area contributed by atoms with E-state index in [0.717, 1.165) is 5.56 Å². The van der Waals surface area contributed by atoms with Gasteiger partial charge in [-0.2, -0.15) is 0 Å². The molecule has 1 aromatic heterocycles. The molecule has 2 aromatic rings. The molecule has 2 rings (SSSR count). The first-order valence-electron chi connectivity index (χ1n) is 8.56. The molecule has 134 valence electrons. The Hall–Kier alpha value is -2.36. The summed E-state index contributed by atoms with van der Waals surface area (Å²) in [5, 5.41) is 2.90. The number of hydrogen-bond acceptors (Lipinski definition) is 2. The largest absolute Gasteiger partial charge is 0.347 e. The van der Waals surface area contributed by atoms with Crippen LogP contribution in [-0.2, 0) is 10.8 Å². The summed E-state index contributed by atoms with van der Waals surface area (Å²) in [5.74, 6) is 0.251. The summed E-state index contributed by atoms with van der Waals surface area (Å²) in [6, 6.07) is 7.40. The Morgan fingerprint density at radius 3 is 2.12 bits per heavy atom. The van der Waals surface area contributed by atoms with Crippen molar-refractivity contribution in [3.63, 3.8) is 0 Å². The fourth-order valence-corrected chi connectivity index (χ4v) is 2.91. The number of aromatic amines is 1. The number of carbonyl (C=O) groups excluding carboxylic acids is 1. The summed E-state index contributed by atoms with van der Waals surface area (Å²) in [4.78, 5) is 28.9. The van der Waals surface area contributed by atoms with Crippen molar-refractivity contribution in [2.45, 2.75) is 59.3 Å². The van der Waals surface area contributed by atoms with Crippen molar-refractivity contribution in [2.75, 3.05) is 5.32 Å². The molecule has 0 spiro atoms. The molecule has 25 heavy (non-hydrogen) atoms. The normalized spacial score (nSPS) is 12.1. The molecule has 1 heterocycles. The molecule has 0 fully saturated rings.